The highest BCUT2D eigenvalue weighted by Crippen LogP contribution is 2.29. The second-order valence-electron chi connectivity index (χ2n) is 5.76. The van der Waals surface area contributed by atoms with Gasteiger partial charge in [-0.2, -0.15) is 0 Å². The van der Waals surface area contributed by atoms with E-state index < -0.39 is 6.10 Å². The number of carbonyl (C=O) groups excluding carboxylic acids is 2. The summed E-state index contributed by atoms with van der Waals surface area (Å²) in [7, 11) is 3.09. The fraction of sp³-hybridized carbons (Fsp3) is 0.263. The van der Waals surface area contributed by atoms with E-state index in [9.17, 15) is 9.59 Å². The largest absolute Gasteiger partial charge is 0.493 e. The molecule has 0 aliphatic carbocycles. The van der Waals surface area contributed by atoms with Gasteiger partial charge in [-0.25, -0.2) is 0 Å². The molecular weight excluding hydrogens is 336 g/mol. The van der Waals surface area contributed by atoms with Crippen molar-refractivity contribution in [2.45, 2.75) is 12.5 Å². The lowest BCUT2D eigenvalue weighted by molar-refractivity contribution is -0.124. The first-order valence-corrected chi connectivity index (χ1v) is 8.15. The average Bonchev–Trinajstić information content (AvgIpc) is 2.66. The number of para-hydroxylation sites is 2. The number of carbonyl (C=O) groups is 2. The maximum atomic E-state index is 12.2. The van der Waals surface area contributed by atoms with Gasteiger partial charge in [0.05, 0.1) is 32.9 Å². The lowest BCUT2D eigenvalue weighted by atomic mass is 10.1. The zero-order valence-electron chi connectivity index (χ0n) is 14.6. The third-order valence-corrected chi connectivity index (χ3v) is 4.00. The van der Waals surface area contributed by atoms with Gasteiger partial charge in [0, 0.05) is 0 Å². The molecule has 0 aromatic heterocycles. The molecule has 1 heterocycles. The smallest absolute Gasteiger partial charge is 0.267 e. The number of amides is 2. The van der Waals surface area contributed by atoms with Crippen molar-refractivity contribution in [3.05, 3.63) is 48.0 Å². The Morgan fingerprint density at radius 2 is 1.92 bits per heavy atom. The van der Waals surface area contributed by atoms with E-state index in [0.29, 0.717) is 22.9 Å². The Labute approximate surface area is 151 Å². The van der Waals surface area contributed by atoms with Gasteiger partial charge in [-0.1, -0.05) is 18.2 Å². The van der Waals surface area contributed by atoms with E-state index in [1.165, 1.54) is 0 Å². The predicted octanol–water partition coefficient (Wildman–Crippen LogP) is 1.76. The highest BCUT2D eigenvalue weighted by Gasteiger charge is 2.27. The molecule has 3 rings (SSSR count). The van der Waals surface area contributed by atoms with Crippen LogP contribution in [0, 0.1) is 0 Å². The summed E-state index contributed by atoms with van der Waals surface area (Å²) in [6.07, 6.45) is -0.607. The first kappa shape index (κ1) is 17.6. The van der Waals surface area contributed by atoms with Gasteiger partial charge in [-0.3, -0.25) is 9.59 Å². The molecule has 2 aromatic rings. The maximum Gasteiger partial charge on any atom is 0.267 e. The Morgan fingerprint density at radius 3 is 2.69 bits per heavy atom. The molecule has 7 heteroatoms. The van der Waals surface area contributed by atoms with Crippen molar-refractivity contribution in [3.63, 3.8) is 0 Å². The molecule has 1 aliphatic rings. The number of hydrogen-bond donors (Lipinski definition) is 2. The molecule has 0 radical (unpaired) electrons. The molecule has 2 aromatic carbocycles. The summed E-state index contributed by atoms with van der Waals surface area (Å²) in [5, 5.41) is 5.50. The Kier molecular flexibility index (Phi) is 5.26. The molecule has 0 saturated heterocycles. The zero-order chi connectivity index (χ0) is 18.5. The molecule has 26 heavy (non-hydrogen) atoms. The van der Waals surface area contributed by atoms with Crippen molar-refractivity contribution in [2.75, 3.05) is 26.1 Å². The molecule has 136 valence electrons. The quantitative estimate of drug-likeness (QED) is 0.824. The van der Waals surface area contributed by atoms with E-state index in [-0.39, 0.29) is 24.8 Å². The zero-order valence-corrected chi connectivity index (χ0v) is 14.6. The van der Waals surface area contributed by atoms with E-state index in [4.69, 9.17) is 14.2 Å². The fourth-order valence-corrected chi connectivity index (χ4v) is 2.67. The lowest BCUT2D eigenvalue weighted by Gasteiger charge is -2.25. The van der Waals surface area contributed by atoms with Crippen molar-refractivity contribution in [1.29, 1.82) is 0 Å². The van der Waals surface area contributed by atoms with Crippen LogP contribution < -0.4 is 24.8 Å². The Bertz CT molecular complexity index is 821. The van der Waals surface area contributed by atoms with Crippen LogP contribution in [0.3, 0.4) is 0 Å². The number of fused-ring (bicyclic) bond motifs is 1. The van der Waals surface area contributed by atoms with Gasteiger partial charge in [0.1, 0.15) is 5.75 Å². The van der Waals surface area contributed by atoms with Crippen LogP contribution in [0.1, 0.15) is 5.56 Å². The minimum Gasteiger partial charge on any atom is -0.493 e. The number of benzene rings is 2. The topological polar surface area (TPSA) is 85.9 Å². The Balaban J connectivity index is 1.57. The summed E-state index contributed by atoms with van der Waals surface area (Å²) in [6.45, 7) is 0.0896. The second kappa shape index (κ2) is 7.77. The molecule has 2 amide bonds. The maximum absolute atomic E-state index is 12.2. The summed E-state index contributed by atoms with van der Waals surface area (Å²) in [4.78, 5) is 24.3. The van der Waals surface area contributed by atoms with Crippen molar-refractivity contribution in [3.8, 4) is 17.2 Å². The number of hydrogen-bond acceptors (Lipinski definition) is 5. The molecule has 0 fully saturated rings. The molecule has 7 nitrogen and oxygen atoms in total. The van der Waals surface area contributed by atoms with Gasteiger partial charge in [0.2, 0.25) is 5.91 Å². The van der Waals surface area contributed by atoms with E-state index in [0.717, 1.165) is 5.56 Å². The third kappa shape index (κ3) is 3.88. The van der Waals surface area contributed by atoms with Gasteiger partial charge in [-0.15, -0.1) is 0 Å². The van der Waals surface area contributed by atoms with Gasteiger partial charge in [0.25, 0.3) is 5.91 Å². The van der Waals surface area contributed by atoms with Crippen LogP contribution in [0.15, 0.2) is 42.5 Å². The van der Waals surface area contributed by atoms with Gasteiger partial charge in [0.15, 0.2) is 17.6 Å². The van der Waals surface area contributed by atoms with E-state index >= 15 is 0 Å². The highest BCUT2D eigenvalue weighted by atomic mass is 16.5. The number of ether oxygens (including phenoxy) is 3. The van der Waals surface area contributed by atoms with Crippen LogP contribution in [-0.4, -0.2) is 38.7 Å². The molecule has 0 saturated carbocycles. The van der Waals surface area contributed by atoms with Crippen molar-refractivity contribution < 1.29 is 23.8 Å². The van der Waals surface area contributed by atoms with Crippen LogP contribution in [0.5, 0.6) is 17.2 Å². The van der Waals surface area contributed by atoms with E-state index in [1.54, 1.807) is 44.6 Å². The number of rotatable bonds is 6. The minimum atomic E-state index is -0.765. The molecular formula is C19H20N2O5. The molecule has 1 atom stereocenters. The van der Waals surface area contributed by atoms with E-state index in [1.807, 2.05) is 12.1 Å². The van der Waals surface area contributed by atoms with Crippen LogP contribution in [-0.2, 0) is 16.0 Å². The molecule has 1 aliphatic heterocycles. The Hall–Kier alpha value is -3.22. The number of methoxy groups -OCH3 is 2. The number of anilines is 1. The summed E-state index contributed by atoms with van der Waals surface area (Å²) < 4.78 is 16.1. The summed E-state index contributed by atoms with van der Waals surface area (Å²) in [6, 6.07) is 12.5. The minimum absolute atomic E-state index is 0.0896. The number of nitrogens with one attached hydrogen (secondary N) is 2. The molecule has 0 bridgehead atoms. The fourth-order valence-electron chi connectivity index (χ4n) is 2.67. The standard InChI is InChI=1S/C19H20N2O5/c1-24-15-8-7-12(9-16(15)25-2)10-18(22)20-11-17-19(23)21-13-5-3-4-6-14(13)26-17/h3-9,17H,10-11H2,1-2H3,(H,20,22)(H,21,23). The van der Waals surface area contributed by atoms with Crippen LogP contribution >= 0.6 is 0 Å². The SMILES string of the molecule is COc1ccc(CC(=O)NCC2Oc3ccccc3NC2=O)cc1OC. The van der Waals surface area contributed by atoms with Crippen LogP contribution in [0.4, 0.5) is 5.69 Å². The van der Waals surface area contributed by atoms with Crippen LogP contribution in [0.25, 0.3) is 0 Å². The summed E-state index contributed by atoms with van der Waals surface area (Å²) in [5.74, 6) is 1.25. The summed E-state index contributed by atoms with van der Waals surface area (Å²) >= 11 is 0. The monoisotopic (exact) mass is 356 g/mol. The molecule has 0 spiro atoms. The molecule has 1 unspecified atom stereocenters. The highest BCUT2D eigenvalue weighted by molar-refractivity contribution is 5.98. The summed E-state index contributed by atoms with van der Waals surface area (Å²) in [5.41, 5.74) is 1.41. The Morgan fingerprint density at radius 1 is 1.15 bits per heavy atom. The first-order valence-electron chi connectivity index (χ1n) is 8.15. The van der Waals surface area contributed by atoms with Gasteiger partial charge in [-0.05, 0) is 29.8 Å². The predicted molar refractivity (Wildman–Crippen MR) is 95.7 cm³/mol. The van der Waals surface area contributed by atoms with Crippen LogP contribution in [0.2, 0.25) is 0 Å². The lowest BCUT2D eigenvalue weighted by Crippen LogP contribution is -2.45. The van der Waals surface area contributed by atoms with Crippen molar-refractivity contribution in [1.82, 2.24) is 5.32 Å². The van der Waals surface area contributed by atoms with Gasteiger partial charge >= 0.3 is 0 Å². The van der Waals surface area contributed by atoms with Crippen molar-refractivity contribution >= 4 is 17.5 Å². The van der Waals surface area contributed by atoms with Crippen molar-refractivity contribution in [2.24, 2.45) is 0 Å². The molecule has 2 N–H and O–H groups in total. The van der Waals surface area contributed by atoms with Gasteiger partial charge < -0.3 is 24.8 Å². The average molecular weight is 356 g/mol. The second-order valence-corrected chi connectivity index (χ2v) is 5.76. The third-order valence-electron chi connectivity index (χ3n) is 4.00. The first-order chi connectivity index (χ1) is 12.6. The normalized spacial score (nSPS) is 15.3. The van der Waals surface area contributed by atoms with E-state index in [2.05, 4.69) is 10.6 Å².